The molecule has 1 rings (SSSR count). The molecule has 6 heteroatoms. The third-order valence-electron chi connectivity index (χ3n) is 2.91. The predicted octanol–water partition coefficient (Wildman–Crippen LogP) is 2.66. The Morgan fingerprint density at radius 3 is 2.45 bits per heavy atom. The van der Waals surface area contributed by atoms with Crippen LogP contribution in [0.1, 0.15) is 43.2 Å². The van der Waals surface area contributed by atoms with E-state index in [-0.39, 0.29) is 22.9 Å². The van der Waals surface area contributed by atoms with Gasteiger partial charge in [-0.05, 0) is 24.5 Å². The van der Waals surface area contributed by atoms with Gasteiger partial charge in [0.15, 0.2) is 0 Å². The Hall–Kier alpha value is -1.62. The molecule has 0 aliphatic rings. The van der Waals surface area contributed by atoms with Crippen molar-refractivity contribution in [3.05, 3.63) is 28.5 Å². The minimum absolute atomic E-state index is 0.132. The second kappa shape index (κ2) is 6.22. The maximum atomic E-state index is 12.2. The van der Waals surface area contributed by atoms with Crippen LogP contribution >= 0.6 is 11.6 Å². The molecule has 20 heavy (non-hydrogen) atoms. The van der Waals surface area contributed by atoms with E-state index in [0.29, 0.717) is 11.3 Å². The first-order chi connectivity index (χ1) is 9.09. The summed E-state index contributed by atoms with van der Waals surface area (Å²) in [5.74, 6) is -1.30. The Labute approximate surface area is 123 Å². The first kappa shape index (κ1) is 16.4. The van der Waals surface area contributed by atoms with E-state index < -0.39 is 12.0 Å². The summed E-state index contributed by atoms with van der Waals surface area (Å²) < 4.78 is 0. The second-order valence-electron chi connectivity index (χ2n) is 5.81. The summed E-state index contributed by atoms with van der Waals surface area (Å²) in [4.78, 5) is 27.1. The average Bonchev–Trinajstić information content (AvgIpc) is 2.24. The lowest BCUT2D eigenvalue weighted by molar-refractivity contribution is -0.138. The molecule has 0 saturated heterocycles. The number of rotatable bonds is 4. The van der Waals surface area contributed by atoms with E-state index in [2.05, 4.69) is 10.3 Å². The number of carboxylic acids is 1. The predicted molar refractivity (Wildman–Crippen MR) is 76.9 cm³/mol. The molecule has 1 aromatic heterocycles. The molecule has 2 N–H and O–H groups in total. The molecule has 1 unspecified atom stereocenters. The zero-order valence-corrected chi connectivity index (χ0v) is 12.8. The van der Waals surface area contributed by atoms with Gasteiger partial charge in [-0.2, -0.15) is 0 Å². The highest BCUT2D eigenvalue weighted by molar-refractivity contribution is 6.29. The molecule has 110 valence electrons. The molecule has 0 aliphatic carbocycles. The van der Waals surface area contributed by atoms with Gasteiger partial charge in [0.1, 0.15) is 5.15 Å². The average molecular weight is 299 g/mol. The molecule has 1 heterocycles. The Bertz CT molecular complexity index is 503. The van der Waals surface area contributed by atoms with E-state index in [1.165, 1.54) is 6.07 Å². The van der Waals surface area contributed by atoms with Gasteiger partial charge in [0.2, 0.25) is 0 Å². The van der Waals surface area contributed by atoms with Crippen LogP contribution in [0.3, 0.4) is 0 Å². The quantitative estimate of drug-likeness (QED) is 0.838. The molecule has 0 saturated carbocycles. The lowest BCUT2D eigenvalue weighted by Gasteiger charge is -2.30. The van der Waals surface area contributed by atoms with Crippen LogP contribution in [-0.4, -0.2) is 28.0 Å². The lowest BCUT2D eigenvalue weighted by Crippen LogP contribution is -2.45. The molecule has 1 amide bonds. The number of carbonyl (C=O) groups excluding carboxylic acids is 1. The molecular formula is C14H19ClN2O3. The fourth-order valence-corrected chi connectivity index (χ4v) is 2.00. The standard InChI is InChI=1S/C14H19ClN2O3/c1-8-5-9(6-11(15)16-8)13(20)17-10(7-12(18)19)14(2,3)4/h5-6,10H,7H2,1-4H3,(H,17,20)(H,18,19). The van der Waals surface area contributed by atoms with Crippen molar-refractivity contribution in [1.82, 2.24) is 10.3 Å². The molecule has 0 spiro atoms. The summed E-state index contributed by atoms with van der Waals surface area (Å²) >= 11 is 5.82. The van der Waals surface area contributed by atoms with E-state index in [4.69, 9.17) is 16.7 Å². The maximum absolute atomic E-state index is 12.2. The molecule has 0 aliphatic heterocycles. The zero-order valence-electron chi connectivity index (χ0n) is 12.0. The van der Waals surface area contributed by atoms with Crippen molar-refractivity contribution in [2.24, 2.45) is 5.41 Å². The van der Waals surface area contributed by atoms with Crippen molar-refractivity contribution in [1.29, 1.82) is 0 Å². The number of carbonyl (C=O) groups is 2. The third-order valence-corrected chi connectivity index (χ3v) is 3.11. The van der Waals surface area contributed by atoms with Gasteiger partial charge in [0, 0.05) is 17.3 Å². The number of halogens is 1. The summed E-state index contributed by atoms with van der Waals surface area (Å²) in [6.07, 6.45) is -0.132. The van der Waals surface area contributed by atoms with Crippen molar-refractivity contribution in [2.45, 2.75) is 40.2 Å². The highest BCUT2D eigenvalue weighted by Gasteiger charge is 2.28. The van der Waals surface area contributed by atoms with Crippen molar-refractivity contribution in [2.75, 3.05) is 0 Å². The van der Waals surface area contributed by atoms with Crippen LogP contribution in [0.25, 0.3) is 0 Å². The van der Waals surface area contributed by atoms with Gasteiger partial charge in [-0.1, -0.05) is 32.4 Å². The number of hydrogen-bond acceptors (Lipinski definition) is 3. The summed E-state index contributed by atoms with van der Waals surface area (Å²) in [6, 6.07) is 2.60. The minimum Gasteiger partial charge on any atom is -0.481 e. The van der Waals surface area contributed by atoms with E-state index in [9.17, 15) is 9.59 Å². The fourth-order valence-electron chi connectivity index (χ4n) is 1.75. The smallest absolute Gasteiger partial charge is 0.305 e. The molecule has 1 atom stereocenters. The highest BCUT2D eigenvalue weighted by atomic mass is 35.5. The third kappa shape index (κ3) is 4.81. The number of pyridine rings is 1. The normalized spacial score (nSPS) is 12.8. The van der Waals surface area contributed by atoms with E-state index >= 15 is 0 Å². The van der Waals surface area contributed by atoms with Crippen LogP contribution in [0, 0.1) is 12.3 Å². The number of hydrogen-bond donors (Lipinski definition) is 2. The summed E-state index contributed by atoms with van der Waals surface area (Å²) in [5, 5.41) is 11.9. The summed E-state index contributed by atoms with van der Waals surface area (Å²) in [5.41, 5.74) is 0.648. The zero-order chi connectivity index (χ0) is 15.5. The monoisotopic (exact) mass is 298 g/mol. The topological polar surface area (TPSA) is 79.3 Å². The molecule has 0 radical (unpaired) electrons. The van der Waals surface area contributed by atoms with Gasteiger partial charge in [-0.15, -0.1) is 0 Å². The first-order valence-electron chi connectivity index (χ1n) is 6.26. The van der Waals surface area contributed by atoms with E-state index in [1.807, 2.05) is 20.8 Å². The Balaban J connectivity index is 2.93. The van der Waals surface area contributed by atoms with E-state index in [1.54, 1.807) is 13.0 Å². The molecule has 0 aromatic carbocycles. The van der Waals surface area contributed by atoms with Crippen molar-refractivity contribution >= 4 is 23.5 Å². The van der Waals surface area contributed by atoms with Gasteiger partial charge in [0.05, 0.1) is 6.42 Å². The largest absolute Gasteiger partial charge is 0.481 e. The maximum Gasteiger partial charge on any atom is 0.305 e. The minimum atomic E-state index is -0.950. The lowest BCUT2D eigenvalue weighted by atomic mass is 9.84. The molecule has 5 nitrogen and oxygen atoms in total. The van der Waals surface area contributed by atoms with Gasteiger partial charge in [-0.25, -0.2) is 4.98 Å². The van der Waals surface area contributed by atoms with Gasteiger partial charge in [0.25, 0.3) is 5.91 Å². The molecule has 0 fully saturated rings. The summed E-state index contributed by atoms with van der Waals surface area (Å²) in [6.45, 7) is 7.38. The number of aryl methyl sites for hydroxylation is 1. The van der Waals surface area contributed by atoms with Crippen LogP contribution in [0.2, 0.25) is 5.15 Å². The van der Waals surface area contributed by atoms with Crippen LogP contribution in [-0.2, 0) is 4.79 Å². The van der Waals surface area contributed by atoms with Crippen LogP contribution in [0.4, 0.5) is 0 Å². The van der Waals surface area contributed by atoms with Crippen molar-refractivity contribution in [3.8, 4) is 0 Å². The van der Waals surface area contributed by atoms with Gasteiger partial charge in [-0.3, -0.25) is 9.59 Å². The SMILES string of the molecule is Cc1cc(C(=O)NC(CC(=O)O)C(C)(C)C)cc(Cl)n1. The Morgan fingerprint density at radius 1 is 1.40 bits per heavy atom. The fraction of sp³-hybridized carbons (Fsp3) is 0.500. The summed E-state index contributed by atoms with van der Waals surface area (Å²) in [7, 11) is 0. The van der Waals surface area contributed by atoms with Crippen LogP contribution < -0.4 is 5.32 Å². The van der Waals surface area contributed by atoms with Crippen LogP contribution in [0.15, 0.2) is 12.1 Å². The van der Waals surface area contributed by atoms with Crippen LogP contribution in [0.5, 0.6) is 0 Å². The van der Waals surface area contributed by atoms with Crippen molar-refractivity contribution < 1.29 is 14.7 Å². The number of nitrogens with one attached hydrogen (secondary N) is 1. The van der Waals surface area contributed by atoms with Crippen molar-refractivity contribution in [3.63, 3.8) is 0 Å². The number of aliphatic carboxylic acids is 1. The Kier molecular flexibility index (Phi) is 5.11. The number of amides is 1. The molecular weight excluding hydrogens is 280 g/mol. The van der Waals surface area contributed by atoms with Gasteiger partial charge >= 0.3 is 5.97 Å². The van der Waals surface area contributed by atoms with E-state index in [0.717, 1.165) is 0 Å². The molecule has 0 bridgehead atoms. The molecule has 1 aromatic rings. The number of aromatic nitrogens is 1. The highest BCUT2D eigenvalue weighted by Crippen LogP contribution is 2.22. The second-order valence-corrected chi connectivity index (χ2v) is 6.20. The first-order valence-corrected chi connectivity index (χ1v) is 6.64. The number of nitrogens with zero attached hydrogens (tertiary/aromatic N) is 1. The number of carboxylic acid groups (broad SMARTS) is 1. The van der Waals surface area contributed by atoms with Gasteiger partial charge < -0.3 is 10.4 Å². The Morgan fingerprint density at radius 2 is 2.00 bits per heavy atom.